The summed E-state index contributed by atoms with van der Waals surface area (Å²) >= 11 is 0. The van der Waals surface area contributed by atoms with Crippen LogP contribution < -0.4 is 0 Å². The van der Waals surface area contributed by atoms with Crippen LogP contribution in [0.2, 0.25) is 0 Å². The van der Waals surface area contributed by atoms with Gasteiger partial charge in [0.15, 0.2) is 0 Å². The summed E-state index contributed by atoms with van der Waals surface area (Å²) in [5.74, 6) is 0. The maximum atomic E-state index is 3.87. The van der Waals surface area contributed by atoms with Crippen molar-refractivity contribution in [3.8, 4) is 0 Å². The second kappa shape index (κ2) is 9.45. The van der Waals surface area contributed by atoms with E-state index in [0.29, 0.717) is 0 Å². The molecule has 16 heavy (non-hydrogen) atoms. The van der Waals surface area contributed by atoms with Crippen molar-refractivity contribution in [1.82, 2.24) is 0 Å². The molecular formula is C16H25-. The number of aryl methyl sites for hydroxylation is 1. The first kappa shape index (κ1) is 13.3. The monoisotopic (exact) mass is 217 g/mol. The molecule has 0 unspecified atom stereocenters. The smallest absolute Gasteiger partial charge is 0.0279 e. The minimum absolute atomic E-state index is 1.11. The summed E-state index contributed by atoms with van der Waals surface area (Å²) in [6.45, 7) is 3.87. The molecule has 1 aromatic rings. The second-order valence-corrected chi connectivity index (χ2v) is 4.56. The number of benzene rings is 1. The van der Waals surface area contributed by atoms with Crippen LogP contribution in [0.5, 0.6) is 0 Å². The van der Waals surface area contributed by atoms with Crippen molar-refractivity contribution in [2.24, 2.45) is 0 Å². The zero-order valence-corrected chi connectivity index (χ0v) is 10.5. The van der Waals surface area contributed by atoms with Gasteiger partial charge in [0, 0.05) is 0 Å². The highest BCUT2D eigenvalue weighted by Crippen LogP contribution is 2.10. The van der Waals surface area contributed by atoms with E-state index in [1.54, 1.807) is 0 Å². The highest BCUT2D eigenvalue weighted by Gasteiger charge is 1.93. The van der Waals surface area contributed by atoms with Crippen molar-refractivity contribution in [2.75, 3.05) is 0 Å². The van der Waals surface area contributed by atoms with E-state index in [4.69, 9.17) is 0 Å². The predicted molar refractivity (Wildman–Crippen MR) is 72.4 cm³/mol. The normalized spacial score (nSPS) is 10.6. The molecule has 0 bridgehead atoms. The van der Waals surface area contributed by atoms with Crippen LogP contribution in [0.25, 0.3) is 0 Å². The summed E-state index contributed by atoms with van der Waals surface area (Å²) in [6.07, 6.45) is 12.0. The van der Waals surface area contributed by atoms with Crippen LogP contribution in [0.4, 0.5) is 0 Å². The number of rotatable bonds is 9. The number of unbranched alkanes of at least 4 members (excludes halogenated alkanes) is 7. The molecule has 0 heteroatoms. The Hall–Kier alpha value is -0.780. The molecule has 0 nitrogen and oxygen atoms in total. The van der Waals surface area contributed by atoms with Crippen molar-refractivity contribution in [1.29, 1.82) is 0 Å². The lowest BCUT2D eigenvalue weighted by Gasteiger charge is -2.02. The van der Waals surface area contributed by atoms with Gasteiger partial charge in [0.2, 0.25) is 0 Å². The third-order valence-corrected chi connectivity index (χ3v) is 3.06. The van der Waals surface area contributed by atoms with Crippen LogP contribution in [0, 0.1) is 6.92 Å². The molecule has 0 amide bonds. The molecule has 0 fully saturated rings. The van der Waals surface area contributed by atoms with Gasteiger partial charge in [0.1, 0.15) is 0 Å². The van der Waals surface area contributed by atoms with E-state index in [0.717, 1.165) is 6.42 Å². The van der Waals surface area contributed by atoms with E-state index in [9.17, 15) is 0 Å². The Balaban J connectivity index is 1.89. The minimum atomic E-state index is 1.11. The van der Waals surface area contributed by atoms with Gasteiger partial charge in [-0.15, -0.1) is 0 Å². The molecule has 1 aromatic carbocycles. The van der Waals surface area contributed by atoms with Gasteiger partial charge in [0.05, 0.1) is 0 Å². The van der Waals surface area contributed by atoms with E-state index >= 15 is 0 Å². The first-order valence-electron chi connectivity index (χ1n) is 6.76. The lowest BCUT2D eigenvalue weighted by atomic mass is 10.0. The molecule has 0 saturated carbocycles. The van der Waals surface area contributed by atoms with Crippen LogP contribution in [0.3, 0.4) is 0 Å². The first-order chi connectivity index (χ1) is 7.93. The molecule has 1 rings (SSSR count). The molecule has 0 aliphatic rings. The molecule has 0 aliphatic carbocycles. The Morgan fingerprint density at radius 2 is 1.25 bits per heavy atom. The molecule has 0 saturated heterocycles. The minimum Gasteiger partial charge on any atom is -0.343 e. The SMILES string of the molecule is [CH2-]CCCCCCCCCc1ccccc1. The molecule has 0 spiro atoms. The fourth-order valence-electron chi connectivity index (χ4n) is 2.03. The van der Waals surface area contributed by atoms with E-state index in [1.807, 2.05) is 0 Å². The predicted octanol–water partition coefficient (Wildman–Crippen LogP) is 5.18. The van der Waals surface area contributed by atoms with Gasteiger partial charge in [-0.2, -0.15) is 6.42 Å². The maximum absolute atomic E-state index is 3.87. The maximum Gasteiger partial charge on any atom is -0.0279 e. The lowest BCUT2D eigenvalue weighted by Crippen LogP contribution is -1.85. The van der Waals surface area contributed by atoms with Crippen molar-refractivity contribution in [3.63, 3.8) is 0 Å². The van der Waals surface area contributed by atoms with E-state index in [2.05, 4.69) is 37.3 Å². The molecule has 0 heterocycles. The summed E-state index contributed by atoms with van der Waals surface area (Å²) in [7, 11) is 0. The zero-order valence-electron chi connectivity index (χ0n) is 10.5. The van der Waals surface area contributed by atoms with Crippen molar-refractivity contribution >= 4 is 0 Å². The quantitative estimate of drug-likeness (QED) is 0.395. The summed E-state index contributed by atoms with van der Waals surface area (Å²) in [5.41, 5.74) is 1.49. The average molecular weight is 217 g/mol. The third kappa shape index (κ3) is 6.66. The molecule has 0 aliphatic heterocycles. The van der Waals surface area contributed by atoms with Crippen LogP contribution in [0.1, 0.15) is 56.9 Å². The molecule has 0 atom stereocenters. The Morgan fingerprint density at radius 1 is 0.688 bits per heavy atom. The average Bonchev–Trinajstić information content (AvgIpc) is 2.34. The second-order valence-electron chi connectivity index (χ2n) is 4.56. The fourth-order valence-corrected chi connectivity index (χ4v) is 2.03. The summed E-state index contributed by atoms with van der Waals surface area (Å²) in [6, 6.07) is 10.8. The zero-order chi connectivity index (χ0) is 11.5. The van der Waals surface area contributed by atoms with Crippen LogP contribution >= 0.6 is 0 Å². The highest BCUT2D eigenvalue weighted by atomic mass is 14.0. The Kier molecular flexibility index (Phi) is 7.84. The van der Waals surface area contributed by atoms with E-state index in [-0.39, 0.29) is 0 Å². The van der Waals surface area contributed by atoms with E-state index < -0.39 is 0 Å². The van der Waals surface area contributed by atoms with Crippen LogP contribution in [-0.4, -0.2) is 0 Å². The summed E-state index contributed by atoms with van der Waals surface area (Å²) < 4.78 is 0. The standard InChI is InChI=1S/C16H25/c1-2-3-4-5-6-7-8-10-13-16-14-11-9-12-15-16/h9,11-12,14-15H,1-8,10,13H2/q-1. The van der Waals surface area contributed by atoms with Gasteiger partial charge in [-0.25, -0.2) is 0 Å². The first-order valence-corrected chi connectivity index (χ1v) is 6.76. The van der Waals surface area contributed by atoms with Crippen molar-refractivity contribution in [3.05, 3.63) is 42.8 Å². The largest absolute Gasteiger partial charge is 0.343 e. The van der Waals surface area contributed by atoms with Crippen LogP contribution in [0.15, 0.2) is 30.3 Å². The highest BCUT2D eigenvalue weighted by molar-refractivity contribution is 5.14. The Morgan fingerprint density at radius 3 is 1.88 bits per heavy atom. The molecule has 0 N–H and O–H groups in total. The van der Waals surface area contributed by atoms with Gasteiger partial charge >= 0.3 is 0 Å². The van der Waals surface area contributed by atoms with Crippen molar-refractivity contribution < 1.29 is 0 Å². The Labute approximate surface area is 101 Å². The molecule has 0 aromatic heterocycles. The third-order valence-electron chi connectivity index (χ3n) is 3.06. The summed E-state index contributed by atoms with van der Waals surface area (Å²) in [5, 5.41) is 0. The van der Waals surface area contributed by atoms with Crippen LogP contribution in [-0.2, 0) is 6.42 Å². The van der Waals surface area contributed by atoms with Gasteiger partial charge in [-0.05, 0) is 18.4 Å². The molecular weight excluding hydrogens is 192 g/mol. The summed E-state index contributed by atoms with van der Waals surface area (Å²) in [4.78, 5) is 0. The number of hydrogen-bond donors (Lipinski definition) is 0. The van der Waals surface area contributed by atoms with Gasteiger partial charge in [-0.1, -0.05) is 68.9 Å². The molecule has 90 valence electrons. The van der Waals surface area contributed by atoms with E-state index in [1.165, 1.54) is 56.9 Å². The van der Waals surface area contributed by atoms with Gasteiger partial charge in [0.25, 0.3) is 0 Å². The fraction of sp³-hybridized carbons (Fsp3) is 0.562. The van der Waals surface area contributed by atoms with Gasteiger partial charge in [-0.3, -0.25) is 0 Å². The number of hydrogen-bond acceptors (Lipinski definition) is 0. The topological polar surface area (TPSA) is 0 Å². The van der Waals surface area contributed by atoms with Crippen molar-refractivity contribution in [2.45, 2.75) is 57.8 Å². The Bertz CT molecular complexity index is 237. The molecule has 0 radical (unpaired) electrons. The lowest BCUT2D eigenvalue weighted by molar-refractivity contribution is 0.581. The van der Waals surface area contributed by atoms with Gasteiger partial charge < -0.3 is 6.92 Å².